The molecule has 3 aromatic heterocycles. The highest BCUT2D eigenvalue weighted by molar-refractivity contribution is 7.13. The van der Waals surface area contributed by atoms with E-state index in [1.54, 1.807) is 11.3 Å². The van der Waals surface area contributed by atoms with Gasteiger partial charge in [0, 0.05) is 49.5 Å². The third-order valence-electron chi connectivity index (χ3n) is 5.21. The van der Waals surface area contributed by atoms with Gasteiger partial charge in [-0.1, -0.05) is 12.5 Å². The first-order chi connectivity index (χ1) is 12.8. The molecule has 1 aliphatic heterocycles. The number of imidazole rings is 1. The summed E-state index contributed by atoms with van der Waals surface area (Å²) < 4.78 is 2.26. The minimum atomic E-state index is 0.627. The van der Waals surface area contributed by atoms with E-state index in [-0.39, 0.29) is 0 Å². The summed E-state index contributed by atoms with van der Waals surface area (Å²) in [7, 11) is 0. The van der Waals surface area contributed by atoms with Crippen molar-refractivity contribution in [2.45, 2.75) is 51.7 Å². The number of aromatic nitrogens is 4. The fourth-order valence-corrected chi connectivity index (χ4v) is 4.40. The van der Waals surface area contributed by atoms with E-state index in [2.05, 4.69) is 49.0 Å². The molecule has 0 unspecified atom stereocenters. The summed E-state index contributed by atoms with van der Waals surface area (Å²) in [5.74, 6) is 1.93. The first kappa shape index (κ1) is 17.4. The normalized spacial score (nSPS) is 18.3. The third-order valence-corrected chi connectivity index (χ3v) is 6.07. The lowest BCUT2D eigenvalue weighted by Gasteiger charge is -2.36. The number of likely N-dealkylation sites (tertiary alicyclic amines) is 1. The van der Waals surface area contributed by atoms with Gasteiger partial charge in [0.1, 0.15) is 5.82 Å². The van der Waals surface area contributed by atoms with Gasteiger partial charge in [0.05, 0.1) is 4.88 Å². The molecule has 1 saturated heterocycles. The van der Waals surface area contributed by atoms with E-state index in [1.165, 1.54) is 37.8 Å². The number of rotatable bonds is 6. The molecule has 26 heavy (non-hydrogen) atoms. The predicted octanol–water partition coefficient (Wildman–Crippen LogP) is 4.15. The Bertz CT molecular complexity index is 809. The average molecular weight is 368 g/mol. The largest absolute Gasteiger partial charge is 0.335 e. The Morgan fingerprint density at radius 2 is 2.08 bits per heavy atom. The maximum Gasteiger partial charge on any atom is 0.169 e. The predicted molar refractivity (Wildman–Crippen MR) is 105 cm³/mol. The van der Waals surface area contributed by atoms with Crippen LogP contribution in [0.15, 0.2) is 42.3 Å². The van der Waals surface area contributed by atoms with Crippen molar-refractivity contribution in [3.05, 3.63) is 53.7 Å². The van der Waals surface area contributed by atoms with Gasteiger partial charge in [-0.3, -0.25) is 4.90 Å². The van der Waals surface area contributed by atoms with Crippen molar-refractivity contribution >= 4 is 11.3 Å². The van der Waals surface area contributed by atoms with Crippen LogP contribution in [0.4, 0.5) is 0 Å². The summed E-state index contributed by atoms with van der Waals surface area (Å²) in [6.07, 6.45) is 13.0. The molecule has 136 valence electrons. The summed E-state index contributed by atoms with van der Waals surface area (Å²) in [6.45, 7) is 5.23. The van der Waals surface area contributed by atoms with Gasteiger partial charge in [-0.2, -0.15) is 0 Å². The van der Waals surface area contributed by atoms with Crippen LogP contribution in [0, 0.1) is 6.92 Å². The molecule has 0 aromatic carbocycles. The Morgan fingerprint density at radius 1 is 1.19 bits per heavy atom. The van der Waals surface area contributed by atoms with E-state index in [4.69, 9.17) is 0 Å². The zero-order valence-electron chi connectivity index (χ0n) is 15.2. The van der Waals surface area contributed by atoms with Crippen LogP contribution < -0.4 is 0 Å². The van der Waals surface area contributed by atoms with Gasteiger partial charge in [0.2, 0.25) is 0 Å². The summed E-state index contributed by atoms with van der Waals surface area (Å²) in [6, 6.07) is 4.73. The van der Waals surface area contributed by atoms with Crippen molar-refractivity contribution in [2.24, 2.45) is 0 Å². The molecule has 1 aliphatic rings. The van der Waals surface area contributed by atoms with Crippen molar-refractivity contribution in [1.29, 1.82) is 0 Å². The molecule has 1 atom stereocenters. The average Bonchev–Trinajstić information content (AvgIpc) is 3.34. The maximum absolute atomic E-state index is 4.57. The van der Waals surface area contributed by atoms with Crippen LogP contribution in [0.25, 0.3) is 10.7 Å². The molecular formula is C20H25N5S. The van der Waals surface area contributed by atoms with Crippen molar-refractivity contribution in [3.63, 3.8) is 0 Å². The fourth-order valence-electron chi connectivity index (χ4n) is 3.73. The van der Waals surface area contributed by atoms with E-state index < -0.39 is 0 Å². The first-order valence-corrected chi connectivity index (χ1v) is 10.2. The second-order valence-electron chi connectivity index (χ2n) is 6.97. The zero-order chi connectivity index (χ0) is 17.8. The van der Waals surface area contributed by atoms with Crippen LogP contribution in [0.1, 0.15) is 37.1 Å². The minimum Gasteiger partial charge on any atom is -0.335 e. The monoisotopic (exact) mass is 367 g/mol. The minimum absolute atomic E-state index is 0.627. The summed E-state index contributed by atoms with van der Waals surface area (Å²) in [5.41, 5.74) is 1.20. The number of aryl methyl sites for hydroxylation is 2. The van der Waals surface area contributed by atoms with E-state index in [9.17, 15) is 0 Å². The van der Waals surface area contributed by atoms with Crippen LogP contribution in [-0.4, -0.2) is 37.0 Å². The van der Waals surface area contributed by atoms with Gasteiger partial charge in [0.25, 0.3) is 0 Å². The molecule has 0 aliphatic carbocycles. The van der Waals surface area contributed by atoms with Gasteiger partial charge < -0.3 is 4.57 Å². The molecule has 4 rings (SSSR count). The molecule has 0 amide bonds. The number of nitrogens with zero attached hydrogens (tertiary/aromatic N) is 5. The van der Waals surface area contributed by atoms with Crippen LogP contribution in [0.3, 0.4) is 0 Å². The van der Waals surface area contributed by atoms with E-state index in [0.717, 1.165) is 29.6 Å². The van der Waals surface area contributed by atoms with Gasteiger partial charge in [-0.25, -0.2) is 15.0 Å². The Hall–Kier alpha value is -2.05. The molecule has 0 bridgehead atoms. The van der Waals surface area contributed by atoms with Crippen LogP contribution in [-0.2, 0) is 13.1 Å². The molecule has 1 fully saturated rings. The molecule has 4 heterocycles. The molecule has 3 aromatic rings. The van der Waals surface area contributed by atoms with Crippen molar-refractivity contribution in [2.75, 3.05) is 6.54 Å². The summed E-state index contributed by atoms with van der Waals surface area (Å²) >= 11 is 1.68. The Balaban J connectivity index is 1.39. The number of hydrogen-bond donors (Lipinski definition) is 0. The van der Waals surface area contributed by atoms with Gasteiger partial charge in [-0.15, -0.1) is 11.3 Å². The lowest BCUT2D eigenvalue weighted by molar-refractivity contribution is 0.128. The van der Waals surface area contributed by atoms with Crippen LogP contribution in [0.5, 0.6) is 0 Å². The second kappa shape index (κ2) is 8.10. The van der Waals surface area contributed by atoms with Crippen LogP contribution >= 0.6 is 11.3 Å². The lowest BCUT2D eigenvalue weighted by Crippen LogP contribution is -2.39. The molecule has 0 radical (unpaired) electrons. The Morgan fingerprint density at radius 3 is 2.81 bits per heavy atom. The summed E-state index contributed by atoms with van der Waals surface area (Å²) in [4.78, 5) is 17.2. The highest BCUT2D eigenvalue weighted by Crippen LogP contribution is 2.24. The second-order valence-corrected chi connectivity index (χ2v) is 7.92. The summed E-state index contributed by atoms with van der Waals surface area (Å²) in [5, 5.41) is 2.06. The quantitative estimate of drug-likeness (QED) is 0.656. The van der Waals surface area contributed by atoms with Crippen LogP contribution in [0.2, 0.25) is 0 Å². The molecule has 0 spiro atoms. The van der Waals surface area contributed by atoms with Crippen molar-refractivity contribution in [3.8, 4) is 10.7 Å². The van der Waals surface area contributed by atoms with E-state index in [0.29, 0.717) is 6.04 Å². The Kier molecular flexibility index (Phi) is 5.41. The number of thiophene rings is 1. The molecule has 5 nitrogen and oxygen atoms in total. The highest BCUT2D eigenvalue weighted by atomic mass is 32.1. The third kappa shape index (κ3) is 4.02. The van der Waals surface area contributed by atoms with Gasteiger partial charge in [0.15, 0.2) is 5.82 Å². The first-order valence-electron chi connectivity index (χ1n) is 9.36. The smallest absolute Gasteiger partial charge is 0.169 e. The lowest BCUT2D eigenvalue weighted by atomic mass is 9.98. The topological polar surface area (TPSA) is 46.8 Å². The molecule has 0 N–H and O–H groups in total. The Labute approximate surface area is 158 Å². The standard InChI is InChI=1S/C20H25N5S/c1-16-21-8-11-24(16)10-7-18-5-2-3-9-25(18)15-17-13-22-20(23-14-17)19-6-4-12-26-19/h4,6,8,11-14,18H,2-3,5,7,9-10,15H2,1H3/t18-/m0/s1. The van der Waals surface area contributed by atoms with Crippen molar-refractivity contribution in [1.82, 2.24) is 24.4 Å². The van der Waals surface area contributed by atoms with Gasteiger partial charge >= 0.3 is 0 Å². The maximum atomic E-state index is 4.57. The SMILES string of the molecule is Cc1nccn1CC[C@@H]1CCCCN1Cc1cnc(-c2cccs2)nc1. The van der Waals surface area contributed by atoms with Crippen molar-refractivity contribution < 1.29 is 0 Å². The number of piperidine rings is 1. The number of hydrogen-bond acceptors (Lipinski definition) is 5. The fraction of sp³-hybridized carbons (Fsp3) is 0.450. The highest BCUT2D eigenvalue weighted by Gasteiger charge is 2.22. The van der Waals surface area contributed by atoms with Gasteiger partial charge in [-0.05, 0) is 44.2 Å². The molecule has 6 heteroatoms. The molecular weight excluding hydrogens is 342 g/mol. The molecule has 0 saturated carbocycles. The van der Waals surface area contributed by atoms with E-state index in [1.807, 2.05) is 24.7 Å². The zero-order valence-corrected chi connectivity index (χ0v) is 16.0. The van der Waals surface area contributed by atoms with E-state index >= 15 is 0 Å².